The van der Waals surface area contributed by atoms with Gasteiger partial charge in [-0.25, -0.2) is 0 Å². The van der Waals surface area contributed by atoms with Crippen molar-refractivity contribution < 1.29 is 4.79 Å². The van der Waals surface area contributed by atoms with Crippen molar-refractivity contribution in [1.82, 2.24) is 9.47 Å². The number of aromatic nitrogens is 1. The molecule has 0 bridgehead atoms. The lowest BCUT2D eigenvalue weighted by Crippen LogP contribution is -2.27. The number of carbonyl (C=O) groups excluding carboxylic acids is 1. The van der Waals surface area contributed by atoms with E-state index >= 15 is 0 Å². The van der Waals surface area contributed by atoms with Gasteiger partial charge >= 0.3 is 4.87 Å². The fraction of sp³-hybridized carbons (Fsp3) is 0.600. The minimum Gasteiger partial charge on any atom is -0.338 e. The zero-order valence-electron chi connectivity index (χ0n) is 8.95. The van der Waals surface area contributed by atoms with E-state index in [4.69, 9.17) is 0 Å². The van der Waals surface area contributed by atoms with Crippen LogP contribution < -0.4 is 4.87 Å². The van der Waals surface area contributed by atoms with E-state index in [-0.39, 0.29) is 10.8 Å². The summed E-state index contributed by atoms with van der Waals surface area (Å²) in [5.41, 5.74) is 0.780. The second-order valence-corrected chi connectivity index (χ2v) is 4.80. The Balaban J connectivity index is 2.32. The van der Waals surface area contributed by atoms with Crippen LogP contribution in [0.15, 0.2) is 4.79 Å². The van der Waals surface area contributed by atoms with Gasteiger partial charge in [0.2, 0.25) is 0 Å². The third-order valence-electron chi connectivity index (χ3n) is 2.88. The van der Waals surface area contributed by atoms with Gasteiger partial charge < -0.3 is 9.47 Å². The van der Waals surface area contributed by atoms with Crippen LogP contribution in [-0.4, -0.2) is 28.5 Å². The number of hydrogen-bond acceptors (Lipinski definition) is 3. The highest BCUT2D eigenvalue weighted by atomic mass is 32.1. The Hall–Kier alpha value is -1.10. The Morgan fingerprint density at radius 1 is 1.33 bits per heavy atom. The van der Waals surface area contributed by atoms with E-state index < -0.39 is 0 Å². The van der Waals surface area contributed by atoms with E-state index in [0.717, 1.165) is 43.0 Å². The summed E-state index contributed by atoms with van der Waals surface area (Å²) in [5.74, 6) is 0.0210. The van der Waals surface area contributed by atoms with Crippen molar-refractivity contribution in [2.75, 3.05) is 13.1 Å². The highest BCUT2D eigenvalue weighted by molar-refractivity contribution is 7.11. The predicted molar refractivity (Wildman–Crippen MR) is 59.4 cm³/mol. The van der Waals surface area contributed by atoms with Gasteiger partial charge in [0.15, 0.2) is 0 Å². The van der Waals surface area contributed by atoms with E-state index in [1.54, 1.807) is 7.05 Å². The predicted octanol–water partition coefficient (Wildman–Crippen LogP) is 0.991. The molecule has 0 atom stereocenters. The number of hydrogen-bond donors (Lipinski definition) is 0. The first-order valence-electron chi connectivity index (χ1n) is 5.07. The van der Waals surface area contributed by atoms with Crippen LogP contribution in [0.4, 0.5) is 0 Å². The zero-order chi connectivity index (χ0) is 11.0. The lowest BCUT2D eigenvalue weighted by atomic mass is 10.3. The molecule has 1 aliphatic heterocycles. The summed E-state index contributed by atoms with van der Waals surface area (Å²) >= 11 is 1.05. The van der Waals surface area contributed by atoms with Crippen molar-refractivity contribution in [3.05, 3.63) is 20.2 Å². The first-order chi connectivity index (χ1) is 7.11. The molecule has 0 unspecified atom stereocenters. The summed E-state index contributed by atoms with van der Waals surface area (Å²) < 4.78 is 1.54. The number of thiazole rings is 1. The summed E-state index contributed by atoms with van der Waals surface area (Å²) in [6, 6.07) is 0. The molecule has 0 spiro atoms. The van der Waals surface area contributed by atoms with Gasteiger partial charge in [-0.3, -0.25) is 9.59 Å². The van der Waals surface area contributed by atoms with Gasteiger partial charge in [-0.1, -0.05) is 11.3 Å². The molecule has 15 heavy (non-hydrogen) atoms. The highest BCUT2D eigenvalue weighted by Crippen LogP contribution is 2.17. The maximum atomic E-state index is 12.0. The van der Waals surface area contributed by atoms with E-state index in [1.807, 2.05) is 11.8 Å². The largest absolute Gasteiger partial charge is 0.338 e. The molecule has 1 aromatic rings. The van der Waals surface area contributed by atoms with E-state index in [1.165, 1.54) is 4.57 Å². The molecule has 2 rings (SSSR count). The number of carbonyl (C=O) groups is 1. The molecule has 0 aliphatic carbocycles. The van der Waals surface area contributed by atoms with Crippen molar-refractivity contribution in [1.29, 1.82) is 0 Å². The molecule has 0 N–H and O–H groups in total. The molecule has 0 aromatic carbocycles. The molecule has 4 nitrogen and oxygen atoms in total. The van der Waals surface area contributed by atoms with Crippen LogP contribution in [0.3, 0.4) is 0 Å². The summed E-state index contributed by atoms with van der Waals surface area (Å²) in [5, 5.41) is 0. The lowest BCUT2D eigenvalue weighted by Gasteiger charge is -2.14. The summed E-state index contributed by atoms with van der Waals surface area (Å²) in [6.45, 7) is 3.48. The maximum absolute atomic E-state index is 12.0. The average Bonchev–Trinajstić information content (AvgIpc) is 2.82. The first kappa shape index (κ1) is 10.4. The monoisotopic (exact) mass is 226 g/mol. The van der Waals surface area contributed by atoms with Gasteiger partial charge in [-0.05, 0) is 19.8 Å². The Morgan fingerprint density at radius 3 is 2.40 bits per heavy atom. The molecular weight excluding hydrogens is 212 g/mol. The third-order valence-corrected chi connectivity index (χ3v) is 4.01. The van der Waals surface area contributed by atoms with Crippen LogP contribution in [-0.2, 0) is 7.05 Å². The number of amides is 1. The lowest BCUT2D eigenvalue weighted by molar-refractivity contribution is 0.0796. The maximum Gasteiger partial charge on any atom is 0.307 e. The quantitative estimate of drug-likeness (QED) is 0.716. The molecule has 1 amide bonds. The molecule has 1 fully saturated rings. The Kier molecular flexibility index (Phi) is 2.65. The van der Waals surface area contributed by atoms with Crippen molar-refractivity contribution in [3.8, 4) is 0 Å². The Bertz CT molecular complexity index is 441. The summed E-state index contributed by atoms with van der Waals surface area (Å²) in [6.07, 6.45) is 2.15. The fourth-order valence-corrected chi connectivity index (χ4v) is 2.73. The zero-order valence-corrected chi connectivity index (χ0v) is 9.76. The van der Waals surface area contributed by atoms with E-state index in [0.29, 0.717) is 4.88 Å². The first-order valence-corrected chi connectivity index (χ1v) is 5.88. The van der Waals surface area contributed by atoms with E-state index in [2.05, 4.69) is 0 Å². The third kappa shape index (κ3) is 1.71. The molecule has 1 aromatic heterocycles. The fourth-order valence-electron chi connectivity index (χ4n) is 1.78. The molecule has 5 heteroatoms. The van der Waals surface area contributed by atoms with Crippen LogP contribution in [0.5, 0.6) is 0 Å². The second kappa shape index (κ2) is 3.81. The SMILES string of the molecule is Cc1c(C(=O)N2CCCC2)sc(=O)n1C. The van der Waals surface area contributed by atoms with Crippen LogP contribution in [0.25, 0.3) is 0 Å². The molecule has 1 saturated heterocycles. The van der Waals surface area contributed by atoms with Gasteiger partial charge in [0, 0.05) is 25.8 Å². The number of likely N-dealkylation sites (tertiary alicyclic amines) is 1. The van der Waals surface area contributed by atoms with Crippen LogP contribution in [0.1, 0.15) is 28.2 Å². The van der Waals surface area contributed by atoms with Gasteiger partial charge in [0.1, 0.15) is 4.88 Å². The van der Waals surface area contributed by atoms with Gasteiger partial charge in [0.05, 0.1) is 0 Å². The number of nitrogens with zero attached hydrogens (tertiary/aromatic N) is 2. The van der Waals surface area contributed by atoms with Crippen molar-refractivity contribution in [2.24, 2.45) is 7.05 Å². The highest BCUT2D eigenvalue weighted by Gasteiger charge is 2.23. The van der Waals surface area contributed by atoms with Crippen molar-refractivity contribution in [3.63, 3.8) is 0 Å². The second-order valence-electron chi connectivity index (χ2n) is 3.84. The molecule has 1 aliphatic rings. The van der Waals surface area contributed by atoms with Gasteiger partial charge in [-0.2, -0.15) is 0 Å². The topological polar surface area (TPSA) is 42.3 Å². The van der Waals surface area contributed by atoms with Crippen LogP contribution in [0.2, 0.25) is 0 Å². The Morgan fingerprint density at radius 2 is 1.93 bits per heavy atom. The van der Waals surface area contributed by atoms with E-state index in [9.17, 15) is 9.59 Å². The summed E-state index contributed by atoms with van der Waals surface area (Å²) in [7, 11) is 1.70. The molecule has 82 valence electrons. The molecule has 0 saturated carbocycles. The minimum atomic E-state index is -0.0601. The van der Waals surface area contributed by atoms with Crippen molar-refractivity contribution in [2.45, 2.75) is 19.8 Å². The molecular formula is C10H14N2O2S. The van der Waals surface area contributed by atoms with Crippen LogP contribution >= 0.6 is 11.3 Å². The summed E-state index contributed by atoms with van der Waals surface area (Å²) in [4.78, 5) is 25.8. The van der Waals surface area contributed by atoms with Gasteiger partial charge in [-0.15, -0.1) is 0 Å². The smallest absolute Gasteiger partial charge is 0.307 e. The van der Waals surface area contributed by atoms with Crippen LogP contribution in [0, 0.1) is 6.92 Å². The molecule has 0 radical (unpaired) electrons. The standard InChI is InChI=1S/C10H14N2O2S/c1-7-8(15-10(14)11(7)2)9(13)12-5-3-4-6-12/h3-6H2,1-2H3. The number of rotatable bonds is 1. The molecule has 2 heterocycles. The normalized spacial score (nSPS) is 16.0. The van der Waals surface area contributed by atoms with Crippen molar-refractivity contribution >= 4 is 17.2 Å². The van der Waals surface area contributed by atoms with Gasteiger partial charge in [0.25, 0.3) is 5.91 Å². The Labute approximate surface area is 92.1 Å². The minimum absolute atomic E-state index is 0.0210. The average molecular weight is 226 g/mol.